The standard InChI is InChI=1S/C8H11O2.Li/c1-5-8(4)6-9-7(2,3)10-8;/h6H2,2-4H3;/q-1;+1/t8-;/m0./s1. The van der Waals surface area contributed by atoms with E-state index in [2.05, 4.69) is 5.92 Å². The summed E-state index contributed by atoms with van der Waals surface area (Å²) in [6.45, 7) is 5.86. The van der Waals surface area contributed by atoms with Gasteiger partial charge in [0.05, 0.1) is 6.61 Å². The van der Waals surface area contributed by atoms with E-state index in [1.165, 1.54) is 0 Å². The Morgan fingerprint density at radius 1 is 1.36 bits per heavy atom. The van der Waals surface area contributed by atoms with Gasteiger partial charge in [-0.05, 0) is 20.8 Å². The third-order valence-electron chi connectivity index (χ3n) is 1.43. The average molecular weight is 146 g/mol. The molecule has 56 valence electrons. The van der Waals surface area contributed by atoms with Gasteiger partial charge in [-0.3, -0.25) is 0 Å². The van der Waals surface area contributed by atoms with E-state index in [1.54, 1.807) is 6.92 Å². The zero-order chi connectivity index (χ0) is 7.83. The number of hydrogen-bond donors (Lipinski definition) is 0. The van der Waals surface area contributed by atoms with Crippen LogP contribution in [0.2, 0.25) is 0 Å². The molecule has 3 heteroatoms. The van der Waals surface area contributed by atoms with Crippen molar-refractivity contribution in [2.75, 3.05) is 6.61 Å². The minimum absolute atomic E-state index is 0. The molecule has 0 N–H and O–H groups in total. The van der Waals surface area contributed by atoms with Crippen LogP contribution in [0.4, 0.5) is 0 Å². The van der Waals surface area contributed by atoms with Gasteiger partial charge < -0.3 is 21.8 Å². The first-order valence-corrected chi connectivity index (χ1v) is 3.25. The fourth-order valence-electron chi connectivity index (χ4n) is 0.975. The summed E-state index contributed by atoms with van der Waals surface area (Å²) in [5.41, 5.74) is -0.635. The second-order valence-corrected chi connectivity index (χ2v) is 3.15. The van der Waals surface area contributed by atoms with E-state index >= 15 is 0 Å². The molecule has 11 heavy (non-hydrogen) atoms. The smallest absolute Gasteiger partial charge is 0.691 e. The molecule has 0 radical (unpaired) electrons. The van der Waals surface area contributed by atoms with E-state index in [1.807, 2.05) is 13.8 Å². The van der Waals surface area contributed by atoms with Crippen LogP contribution in [0.5, 0.6) is 0 Å². The van der Waals surface area contributed by atoms with Crippen LogP contribution in [0.1, 0.15) is 20.8 Å². The zero-order valence-corrected chi connectivity index (χ0v) is 7.52. The number of hydrogen-bond acceptors (Lipinski definition) is 2. The Balaban J connectivity index is 0.000001000. The summed E-state index contributed by atoms with van der Waals surface area (Å²) in [5, 5.41) is 0. The molecule has 0 saturated carbocycles. The minimum atomic E-state index is -0.635. The van der Waals surface area contributed by atoms with Crippen molar-refractivity contribution in [1.82, 2.24) is 0 Å². The maximum atomic E-state index is 6.92. The van der Waals surface area contributed by atoms with Crippen LogP contribution >= 0.6 is 0 Å². The summed E-state index contributed by atoms with van der Waals surface area (Å²) in [6.07, 6.45) is 6.92. The summed E-state index contributed by atoms with van der Waals surface area (Å²) in [6, 6.07) is 0. The largest absolute Gasteiger partial charge is 1.00 e. The van der Waals surface area contributed by atoms with Crippen LogP contribution in [0.25, 0.3) is 0 Å². The Hall–Kier alpha value is 0.0774. The van der Waals surface area contributed by atoms with Crippen LogP contribution in [-0.4, -0.2) is 18.0 Å². The first kappa shape index (κ1) is 11.1. The van der Waals surface area contributed by atoms with Gasteiger partial charge in [0.15, 0.2) is 5.79 Å². The molecule has 2 nitrogen and oxygen atoms in total. The molecule has 0 unspecified atom stereocenters. The van der Waals surface area contributed by atoms with Crippen molar-refractivity contribution in [3.63, 3.8) is 0 Å². The fraction of sp³-hybridized carbons (Fsp3) is 0.750. The maximum absolute atomic E-state index is 6.92. The summed E-state index contributed by atoms with van der Waals surface area (Å²) >= 11 is 0. The number of ether oxygens (including phenoxy) is 2. The minimum Gasteiger partial charge on any atom is -0.691 e. The summed E-state index contributed by atoms with van der Waals surface area (Å²) in [4.78, 5) is 0. The third kappa shape index (κ3) is 2.54. The molecule has 1 aliphatic heterocycles. The van der Waals surface area contributed by atoms with Crippen LogP contribution in [-0.2, 0) is 9.47 Å². The fourth-order valence-corrected chi connectivity index (χ4v) is 0.975. The van der Waals surface area contributed by atoms with E-state index in [-0.39, 0.29) is 18.9 Å². The van der Waals surface area contributed by atoms with Gasteiger partial charge in [-0.1, -0.05) is 0 Å². The molecule has 1 atom stereocenters. The molecule has 0 amide bonds. The van der Waals surface area contributed by atoms with Crippen LogP contribution in [0.15, 0.2) is 0 Å². The number of rotatable bonds is 0. The van der Waals surface area contributed by atoms with Crippen molar-refractivity contribution in [2.24, 2.45) is 0 Å². The van der Waals surface area contributed by atoms with E-state index in [0.29, 0.717) is 6.61 Å². The van der Waals surface area contributed by atoms with Gasteiger partial charge >= 0.3 is 18.9 Å². The van der Waals surface area contributed by atoms with Crippen molar-refractivity contribution >= 4 is 0 Å². The van der Waals surface area contributed by atoms with Gasteiger partial charge in [-0.25, -0.2) is 0 Å². The Morgan fingerprint density at radius 2 is 1.91 bits per heavy atom. The zero-order valence-electron chi connectivity index (χ0n) is 7.52. The van der Waals surface area contributed by atoms with Crippen molar-refractivity contribution < 1.29 is 28.3 Å². The molecule has 0 bridgehead atoms. The van der Waals surface area contributed by atoms with Crippen molar-refractivity contribution in [1.29, 1.82) is 0 Å². The van der Waals surface area contributed by atoms with Gasteiger partial charge in [0.25, 0.3) is 0 Å². The van der Waals surface area contributed by atoms with E-state index in [4.69, 9.17) is 15.9 Å². The molecule has 0 aromatic heterocycles. The predicted octanol–water partition coefficient (Wildman–Crippen LogP) is -1.88. The van der Waals surface area contributed by atoms with Crippen molar-refractivity contribution in [2.45, 2.75) is 32.2 Å². The van der Waals surface area contributed by atoms with Crippen molar-refractivity contribution in [3.05, 3.63) is 6.42 Å². The van der Waals surface area contributed by atoms with Crippen LogP contribution < -0.4 is 18.9 Å². The maximum Gasteiger partial charge on any atom is 1.00 e. The Morgan fingerprint density at radius 3 is 2.09 bits per heavy atom. The summed E-state index contributed by atoms with van der Waals surface area (Å²) < 4.78 is 10.6. The molecule has 0 aliphatic carbocycles. The molecule has 0 spiro atoms. The van der Waals surface area contributed by atoms with Crippen LogP contribution in [0, 0.1) is 12.3 Å². The molecule has 1 fully saturated rings. The second kappa shape index (κ2) is 3.21. The Labute approximate surface area is 79.8 Å². The monoisotopic (exact) mass is 146 g/mol. The molecular formula is C8H11LiO2. The third-order valence-corrected chi connectivity index (χ3v) is 1.43. The Kier molecular flexibility index (Phi) is 3.24. The predicted molar refractivity (Wildman–Crippen MR) is 36.7 cm³/mol. The van der Waals surface area contributed by atoms with E-state index < -0.39 is 11.4 Å². The molecule has 1 aliphatic rings. The normalized spacial score (nSPS) is 34.0. The van der Waals surface area contributed by atoms with Gasteiger partial charge in [-0.15, -0.1) is 0 Å². The molecule has 0 aromatic carbocycles. The van der Waals surface area contributed by atoms with Gasteiger partial charge in [0, 0.05) is 0 Å². The molecule has 1 saturated heterocycles. The SMILES string of the molecule is [C-]#C[C@@]1(C)COC(C)(C)O1.[Li+]. The topological polar surface area (TPSA) is 18.5 Å². The van der Waals surface area contributed by atoms with Crippen LogP contribution in [0.3, 0.4) is 0 Å². The van der Waals surface area contributed by atoms with E-state index in [9.17, 15) is 0 Å². The first-order chi connectivity index (χ1) is 4.47. The van der Waals surface area contributed by atoms with Gasteiger partial charge in [0.2, 0.25) is 0 Å². The van der Waals surface area contributed by atoms with Gasteiger partial charge in [-0.2, -0.15) is 0 Å². The first-order valence-electron chi connectivity index (χ1n) is 3.25. The molecule has 1 heterocycles. The molecular weight excluding hydrogens is 135 g/mol. The second-order valence-electron chi connectivity index (χ2n) is 3.15. The van der Waals surface area contributed by atoms with Crippen molar-refractivity contribution in [3.8, 4) is 5.92 Å². The van der Waals surface area contributed by atoms with Gasteiger partial charge in [0.1, 0.15) is 5.60 Å². The summed E-state index contributed by atoms with van der Waals surface area (Å²) in [5.74, 6) is 1.75. The Bertz CT molecular complexity index is 183. The average Bonchev–Trinajstić information content (AvgIpc) is 2.08. The molecule has 0 aromatic rings. The molecule has 1 rings (SSSR count). The quantitative estimate of drug-likeness (QED) is 0.226. The van der Waals surface area contributed by atoms with E-state index in [0.717, 1.165) is 0 Å². The summed E-state index contributed by atoms with van der Waals surface area (Å²) in [7, 11) is 0.